The minimum Gasteiger partial charge on any atom is -0.309 e. The van der Waals surface area contributed by atoms with E-state index in [1.165, 1.54) is 58.5 Å². The summed E-state index contributed by atoms with van der Waals surface area (Å²) >= 11 is 1.83. The van der Waals surface area contributed by atoms with Crippen LogP contribution >= 0.6 is 11.3 Å². The van der Waals surface area contributed by atoms with Crippen molar-refractivity contribution in [3.05, 3.63) is 188 Å². The first-order valence-corrected chi connectivity index (χ1v) is 19.1. The smallest absolute Gasteiger partial charge is 0.160 e. The highest BCUT2D eigenvalue weighted by Gasteiger charge is 2.17. The zero-order valence-corrected chi connectivity index (χ0v) is 30.0. The number of rotatable bonds is 5. The average molecular weight is 706 g/mol. The van der Waals surface area contributed by atoms with Gasteiger partial charge in [0, 0.05) is 53.3 Å². The standard InChI is InChI=1S/C50H31N3S/c1-2-12-33(13-3-1)50-51-44(34-24-29-49-43(30-34)42-18-8-11-21-48(42)54-49)31-45(52-50)39-28-27-36(37-14-4-5-15-38(37)39)32-22-25-35(26-23-32)53-46-19-9-6-16-40(46)41-17-7-10-20-47(41)53/h1-31H. The molecule has 252 valence electrons. The monoisotopic (exact) mass is 705 g/mol. The van der Waals surface area contributed by atoms with Gasteiger partial charge >= 0.3 is 0 Å². The van der Waals surface area contributed by atoms with Gasteiger partial charge < -0.3 is 4.57 Å². The Morgan fingerprint density at radius 2 is 0.907 bits per heavy atom. The van der Waals surface area contributed by atoms with Crippen molar-refractivity contribution in [1.29, 1.82) is 0 Å². The van der Waals surface area contributed by atoms with Crippen LogP contribution in [0.3, 0.4) is 0 Å². The predicted octanol–water partition coefficient (Wildman–Crippen LogP) is 13.8. The summed E-state index contributed by atoms with van der Waals surface area (Å²) in [5.74, 6) is 0.715. The summed E-state index contributed by atoms with van der Waals surface area (Å²) in [7, 11) is 0. The van der Waals surface area contributed by atoms with Gasteiger partial charge in [-0.05, 0) is 70.4 Å². The van der Waals surface area contributed by atoms with Gasteiger partial charge in [-0.25, -0.2) is 9.97 Å². The molecule has 0 radical (unpaired) electrons. The highest BCUT2D eigenvalue weighted by molar-refractivity contribution is 7.25. The molecule has 0 saturated heterocycles. The molecule has 3 heterocycles. The Hall–Kier alpha value is -6.88. The average Bonchev–Trinajstić information content (AvgIpc) is 3.79. The Bertz CT molecular complexity index is 3160. The SMILES string of the molecule is c1ccc(-c2nc(-c3ccc4sc5ccccc5c4c3)cc(-c3ccc(-c4ccc(-n5c6ccccc6c6ccccc65)cc4)c4ccccc34)n2)cc1. The van der Waals surface area contributed by atoms with Gasteiger partial charge in [-0.3, -0.25) is 0 Å². The van der Waals surface area contributed by atoms with E-state index in [1.807, 2.05) is 29.5 Å². The second-order valence-electron chi connectivity index (χ2n) is 13.8. The molecule has 0 bridgehead atoms. The van der Waals surface area contributed by atoms with Gasteiger partial charge in [0.25, 0.3) is 0 Å². The number of fused-ring (bicyclic) bond motifs is 7. The molecule has 0 atom stereocenters. The summed E-state index contributed by atoms with van der Waals surface area (Å²) in [5, 5.41) is 7.41. The molecule has 11 rings (SSSR count). The summed E-state index contributed by atoms with van der Waals surface area (Å²) in [6.07, 6.45) is 0. The number of hydrogen-bond donors (Lipinski definition) is 0. The molecule has 0 saturated carbocycles. The minimum absolute atomic E-state index is 0.715. The molecular formula is C50H31N3S. The van der Waals surface area contributed by atoms with Crippen molar-refractivity contribution < 1.29 is 0 Å². The van der Waals surface area contributed by atoms with Crippen LogP contribution in [-0.4, -0.2) is 14.5 Å². The van der Waals surface area contributed by atoms with Crippen molar-refractivity contribution in [2.45, 2.75) is 0 Å². The fourth-order valence-electron chi connectivity index (χ4n) is 8.10. The van der Waals surface area contributed by atoms with Gasteiger partial charge in [0.1, 0.15) is 0 Å². The first kappa shape index (κ1) is 30.7. The Morgan fingerprint density at radius 1 is 0.352 bits per heavy atom. The van der Waals surface area contributed by atoms with Crippen molar-refractivity contribution in [3.63, 3.8) is 0 Å². The summed E-state index contributed by atoms with van der Waals surface area (Å²) in [6, 6.07) is 67.3. The molecule has 54 heavy (non-hydrogen) atoms. The number of thiophene rings is 1. The van der Waals surface area contributed by atoms with Crippen LogP contribution in [0, 0.1) is 0 Å². The van der Waals surface area contributed by atoms with Crippen LogP contribution in [0.15, 0.2) is 188 Å². The van der Waals surface area contributed by atoms with Gasteiger partial charge in [0.05, 0.1) is 22.4 Å². The Kier molecular flexibility index (Phi) is 7.04. The van der Waals surface area contributed by atoms with Crippen molar-refractivity contribution in [2.75, 3.05) is 0 Å². The van der Waals surface area contributed by atoms with Crippen LogP contribution in [0.5, 0.6) is 0 Å². The van der Waals surface area contributed by atoms with Gasteiger partial charge in [0.2, 0.25) is 0 Å². The molecule has 0 unspecified atom stereocenters. The molecule has 3 aromatic heterocycles. The van der Waals surface area contributed by atoms with E-state index < -0.39 is 0 Å². The van der Waals surface area contributed by atoms with Gasteiger partial charge in [-0.1, -0.05) is 140 Å². The van der Waals surface area contributed by atoms with Crippen LogP contribution in [0.1, 0.15) is 0 Å². The second kappa shape index (κ2) is 12.4. The topological polar surface area (TPSA) is 30.7 Å². The van der Waals surface area contributed by atoms with Gasteiger partial charge in [0.15, 0.2) is 5.82 Å². The van der Waals surface area contributed by atoms with E-state index in [0.29, 0.717) is 5.82 Å². The number of nitrogens with zero attached hydrogens (tertiary/aromatic N) is 3. The third kappa shape index (κ3) is 4.96. The quantitative estimate of drug-likeness (QED) is 0.178. The first-order valence-electron chi connectivity index (χ1n) is 18.2. The molecule has 0 spiro atoms. The van der Waals surface area contributed by atoms with Crippen LogP contribution in [0.25, 0.3) is 103 Å². The minimum atomic E-state index is 0.715. The predicted molar refractivity (Wildman–Crippen MR) is 229 cm³/mol. The van der Waals surface area contributed by atoms with E-state index in [9.17, 15) is 0 Å². The molecule has 0 aliphatic rings. The van der Waals surface area contributed by atoms with Crippen LogP contribution in [0.2, 0.25) is 0 Å². The van der Waals surface area contributed by atoms with Crippen LogP contribution in [0.4, 0.5) is 0 Å². The summed E-state index contributed by atoms with van der Waals surface area (Å²) in [4.78, 5) is 10.4. The number of benzene rings is 8. The highest BCUT2D eigenvalue weighted by Crippen LogP contribution is 2.40. The number of hydrogen-bond acceptors (Lipinski definition) is 3. The Morgan fingerprint density at radius 3 is 1.65 bits per heavy atom. The van der Waals surface area contributed by atoms with Gasteiger partial charge in [-0.2, -0.15) is 0 Å². The molecule has 4 heteroatoms. The van der Waals surface area contributed by atoms with E-state index in [1.54, 1.807) is 0 Å². The molecule has 0 N–H and O–H groups in total. The fourth-order valence-corrected chi connectivity index (χ4v) is 9.19. The first-order chi connectivity index (χ1) is 26.8. The third-order valence-corrected chi connectivity index (χ3v) is 11.8. The lowest BCUT2D eigenvalue weighted by molar-refractivity contribution is 1.18. The van der Waals surface area contributed by atoms with E-state index >= 15 is 0 Å². The molecule has 0 fully saturated rings. The zero-order valence-electron chi connectivity index (χ0n) is 29.1. The number of aromatic nitrogens is 3. The van der Waals surface area contributed by atoms with Crippen LogP contribution < -0.4 is 0 Å². The number of para-hydroxylation sites is 2. The summed E-state index contributed by atoms with van der Waals surface area (Å²) in [5.41, 5.74) is 10.9. The molecule has 0 aliphatic carbocycles. The van der Waals surface area contributed by atoms with E-state index in [4.69, 9.17) is 9.97 Å². The van der Waals surface area contributed by atoms with Crippen molar-refractivity contribution >= 4 is 64.1 Å². The summed E-state index contributed by atoms with van der Waals surface area (Å²) < 4.78 is 4.94. The normalized spacial score (nSPS) is 11.7. The Balaban J connectivity index is 1.05. The molecule has 0 amide bonds. The zero-order chi connectivity index (χ0) is 35.6. The van der Waals surface area contributed by atoms with Crippen molar-refractivity contribution in [3.8, 4) is 50.7 Å². The van der Waals surface area contributed by atoms with E-state index in [0.717, 1.165) is 39.2 Å². The van der Waals surface area contributed by atoms with Crippen molar-refractivity contribution in [2.24, 2.45) is 0 Å². The van der Waals surface area contributed by atoms with Crippen molar-refractivity contribution in [1.82, 2.24) is 14.5 Å². The van der Waals surface area contributed by atoms with E-state index in [2.05, 4.69) is 174 Å². The molecular weight excluding hydrogens is 675 g/mol. The van der Waals surface area contributed by atoms with Gasteiger partial charge in [-0.15, -0.1) is 11.3 Å². The lowest BCUT2D eigenvalue weighted by Crippen LogP contribution is -1.97. The molecule has 8 aromatic carbocycles. The lowest BCUT2D eigenvalue weighted by Gasteiger charge is -2.14. The maximum absolute atomic E-state index is 5.23. The fraction of sp³-hybridized carbons (Fsp3) is 0. The maximum Gasteiger partial charge on any atom is 0.160 e. The van der Waals surface area contributed by atoms with E-state index in [-0.39, 0.29) is 0 Å². The maximum atomic E-state index is 5.23. The lowest BCUT2D eigenvalue weighted by atomic mass is 9.93. The largest absolute Gasteiger partial charge is 0.309 e. The summed E-state index contributed by atoms with van der Waals surface area (Å²) in [6.45, 7) is 0. The third-order valence-electron chi connectivity index (χ3n) is 10.6. The molecule has 0 aliphatic heterocycles. The van der Waals surface area contributed by atoms with Crippen LogP contribution in [-0.2, 0) is 0 Å². The highest BCUT2D eigenvalue weighted by atomic mass is 32.1. The second-order valence-corrected chi connectivity index (χ2v) is 14.8. The molecule has 11 aromatic rings. The molecule has 3 nitrogen and oxygen atoms in total. The Labute approximate surface area is 316 Å².